The van der Waals surface area contributed by atoms with E-state index in [4.69, 9.17) is 10.8 Å². The van der Waals surface area contributed by atoms with Crippen molar-refractivity contribution < 1.29 is 14.7 Å². The third-order valence-corrected chi connectivity index (χ3v) is 2.19. The smallest absolute Gasteiger partial charge is 0.305 e. The van der Waals surface area contributed by atoms with Crippen LogP contribution in [0.5, 0.6) is 0 Å². The Morgan fingerprint density at radius 1 is 1.65 bits per heavy atom. The number of rotatable bonds is 6. The van der Waals surface area contributed by atoms with Gasteiger partial charge in [-0.1, -0.05) is 0 Å². The lowest BCUT2D eigenvalue weighted by molar-refractivity contribution is -0.139. The number of nitrogens with zero attached hydrogens (tertiary/aromatic N) is 3. The Morgan fingerprint density at radius 3 is 2.94 bits per heavy atom. The molecule has 4 N–H and O–H groups in total. The molecule has 1 heterocycles. The van der Waals surface area contributed by atoms with Gasteiger partial charge in [0, 0.05) is 6.54 Å². The van der Waals surface area contributed by atoms with E-state index in [0.717, 1.165) is 0 Å². The topological polar surface area (TPSA) is 123 Å². The number of carbonyl (C=O) groups is 2. The van der Waals surface area contributed by atoms with E-state index in [1.165, 1.54) is 0 Å². The maximum absolute atomic E-state index is 11.4. The molecule has 0 fully saturated rings. The summed E-state index contributed by atoms with van der Waals surface area (Å²) in [5.74, 6) is -1.02. The van der Waals surface area contributed by atoms with Crippen molar-refractivity contribution >= 4 is 11.9 Å². The Hall–Kier alpha value is -1.96. The van der Waals surface area contributed by atoms with Crippen molar-refractivity contribution in [2.45, 2.75) is 32.5 Å². The predicted molar refractivity (Wildman–Crippen MR) is 57.8 cm³/mol. The number of nitrogens with two attached hydrogens (primary N) is 1. The van der Waals surface area contributed by atoms with Crippen LogP contribution in [0.1, 0.15) is 19.2 Å². The number of aromatic nitrogens is 3. The molecule has 0 bridgehead atoms. The molecule has 0 radical (unpaired) electrons. The molecule has 1 rings (SSSR count). The second-order valence-electron chi connectivity index (χ2n) is 3.46. The van der Waals surface area contributed by atoms with Crippen LogP contribution in [0.4, 0.5) is 0 Å². The zero-order valence-corrected chi connectivity index (χ0v) is 9.46. The highest BCUT2D eigenvalue weighted by atomic mass is 16.4. The number of aryl methyl sites for hydroxylation is 1. The first kappa shape index (κ1) is 13.1. The highest BCUT2D eigenvalue weighted by Gasteiger charge is 2.17. The largest absolute Gasteiger partial charge is 0.481 e. The molecule has 0 aliphatic rings. The second-order valence-corrected chi connectivity index (χ2v) is 3.46. The molecule has 0 aliphatic carbocycles. The van der Waals surface area contributed by atoms with Gasteiger partial charge >= 0.3 is 5.97 Å². The number of carbonyl (C=O) groups excluding carboxylic acids is 1. The number of aliphatic carboxylic acids is 1. The molecular formula is C9H15N5O3. The lowest BCUT2D eigenvalue weighted by atomic mass is 10.2. The van der Waals surface area contributed by atoms with Crippen LogP contribution in [0.15, 0.2) is 6.33 Å². The summed E-state index contributed by atoms with van der Waals surface area (Å²) < 4.78 is 1.77. The molecule has 0 aromatic carbocycles. The van der Waals surface area contributed by atoms with E-state index in [0.29, 0.717) is 12.4 Å². The number of amides is 1. The van der Waals surface area contributed by atoms with Crippen LogP contribution in [0.25, 0.3) is 0 Å². The molecule has 1 amide bonds. The lowest BCUT2D eigenvalue weighted by Gasteiger charge is -2.10. The van der Waals surface area contributed by atoms with Gasteiger partial charge in [-0.15, -0.1) is 10.2 Å². The molecule has 0 saturated carbocycles. The van der Waals surface area contributed by atoms with E-state index < -0.39 is 24.3 Å². The van der Waals surface area contributed by atoms with Crippen molar-refractivity contribution in [3.8, 4) is 0 Å². The molecule has 94 valence electrons. The van der Waals surface area contributed by atoms with Gasteiger partial charge in [-0.3, -0.25) is 9.59 Å². The van der Waals surface area contributed by atoms with Gasteiger partial charge in [0.25, 0.3) is 0 Å². The average molecular weight is 241 g/mol. The fourth-order valence-corrected chi connectivity index (χ4v) is 1.26. The normalized spacial score (nSPS) is 12.1. The summed E-state index contributed by atoms with van der Waals surface area (Å²) in [6.07, 6.45) is 1.16. The first-order valence-corrected chi connectivity index (χ1v) is 5.16. The molecule has 8 heteroatoms. The second kappa shape index (κ2) is 5.94. The zero-order chi connectivity index (χ0) is 12.8. The van der Waals surface area contributed by atoms with Crippen molar-refractivity contribution in [2.75, 3.05) is 0 Å². The fourth-order valence-electron chi connectivity index (χ4n) is 1.26. The molecule has 0 saturated heterocycles. The maximum Gasteiger partial charge on any atom is 0.305 e. The van der Waals surface area contributed by atoms with Crippen LogP contribution in [-0.2, 0) is 22.7 Å². The highest BCUT2D eigenvalue weighted by Crippen LogP contribution is 1.95. The molecule has 8 nitrogen and oxygen atoms in total. The summed E-state index contributed by atoms with van der Waals surface area (Å²) in [4.78, 5) is 21.8. The standard InChI is InChI=1S/C9H15N5O3/c1-2-14-5-12-13-7(14)4-11-9(17)6(10)3-8(15)16/h5-6H,2-4,10H2,1H3,(H,11,17)(H,15,16). The van der Waals surface area contributed by atoms with Gasteiger partial charge in [-0.25, -0.2) is 0 Å². The minimum Gasteiger partial charge on any atom is -0.481 e. The molecule has 17 heavy (non-hydrogen) atoms. The van der Waals surface area contributed by atoms with E-state index >= 15 is 0 Å². The van der Waals surface area contributed by atoms with Gasteiger partial charge in [-0.2, -0.15) is 0 Å². The van der Waals surface area contributed by atoms with E-state index in [9.17, 15) is 9.59 Å². The Balaban J connectivity index is 2.45. The van der Waals surface area contributed by atoms with Crippen molar-refractivity contribution in [1.82, 2.24) is 20.1 Å². The quantitative estimate of drug-likeness (QED) is 0.569. The molecule has 0 spiro atoms. The molecule has 1 aromatic heterocycles. The molecule has 0 aliphatic heterocycles. The first-order chi connectivity index (χ1) is 8.04. The summed E-state index contributed by atoms with van der Waals surface area (Å²) in [5.41, 5.74) is 5.39. The summed E-state index contributed by atoms with van der Waals surface area (Å²) in [6, 6.07) is -1.05. The first-order valence-electron chi connectivity index (χ1n) is 5.16. The average Bonchev–Trinajstić information content (AvgIpc) is 2.72. The summed E-state index contributed by atoms with van der Waals surface area (Å²) in [6.45, 7) is 2.80. The number of carboxylic acids is 1. The Labute approximate surface area is 97.8 Å². The van der Waals surface area contributed by atoms with Crippen molar-refractivity contribution in [3.63, 3.8) is 0 Å². The molecule has 1 aromatic rings. The van der Waals surface area contributed by atoms with Crippen LogP contribution >= 0.6 is 0 Å². The van der Waals surface area contributed by atoms with E-state index in [-0.39, 0.29) is 6.54 Å². The number of hydrogen-bond donors (Lipinski definition) is 3. The minimum atomic E-state index is -1.11. The molecule has 1 unspecified atom stereocenters. The molecular weight excluding hydrogens is 226 g/mol. The third-order valence-electron chi connectivity index (χ3n) is 2.19. The van der Waals surface area contributed by atoms with Gasteiger partial charge < -0.3 is 20.7 Å². The summed E-state index contributed by atoms with van der Waals surface area (Å²) in [5, 5.41) is 18.5. The van der Waals surface area contributed by atoms with E-state index in [1.54, 1.807) is 10.9 Å². The van der Waals surface area contributed by atoms with Crippen molar-refractivity contribution in [2.24, 2.45) is 5.73 Å². The lowest BCUT2D eigenvalue weighted by Crippen LogP contribution is -2.41. The van der Waals surface area contributed by atoms with Gasteiger partial charge in [0.05, 0.1) is 19.0 Å². The SMILES string of the molecule is CCn1cnnc1CNC(=O)C(N)CC(=O)O. The van der Waals surface area contributed by atoms with Crippen LogP contribution < -0.4 is 11.1 Å². The van der Waals surface area contributed by atoms with Crippen LogP contribution in [0.2, 0.25) is 0 Å². The number of nitrogens with one attached hydrogen (secondary N) is 1. The van der Waals surface area contributed by atoms with Crippen LogP contribution in [0, 0.1) is 0 Å². The van der Waals surface area contributed by atoms with E-state index in [2.05, 4.69) is 15.5 Å². The van der Waals surface area contributed by atoms with Crippen molar-refractivity contribution in [1.29, 1.82) is 0 Å². The highest BCUT2D eigenvalue weighted by molar-refractivity contribution is 5.85. The third kappa shape index (κ3) is 3.83. The monoisotopic (exact) mass is 241 g/mol. The Morgan fingerprint density at radius 2 is 2.35 bits per heavy atom. The number of hydrogen-bond acceptors (Lipinski definition) is 5. The Kier molecular flexibility index (Phi) is 4.58. The van der Waals surface area contributed by atoms with Crippen LogP contribution in [-0.4, -0.2) is 37.8 Å². The maximum atomic E-state index is 11.4. The number of carboxylic acid groups (broad SMARTS) is 1. The summed E-state index contributed by atoms with van der Waals surface area (Å²) in [7, 11) is 0. The van der Waals surface area contributed by atoms with E-state index in [1.807, 2.05) is 6.92 Å². The summed E-state index contributed by atoms with van der Waals surface area (Å²) >= 11 is 0. The fraction of sp³-hybridized carbons (Fsp3) is 0.556. The van der Waals surface area contributed by atoms with Crippen LogP contribution in [0.3, 0.4) is 0 Å². The van der Waals surface area contributed by atoms with Gasteiger partial charge in [0.15, 0.2) is 5.82 Å². The minimum absolute atomic E-state index is 0.181. The molecule has 1 atom stereocenters. The predicted octanol–water partition coefficient (Wildman–Crippen LogP) is -1.28. The van der Waals surface area contributed by atoms with Gasteiger partial charge in [0.2, 0.25) is 5.91 Å². The van der Waals surface area contributed by atoms with Gasteiger partial charge in [-0.05, 0) is 6.92 Å². The van der Waals surface area contributed by atoms with Gasteiger partial charge in [0.1, 0.15) is 6.33 Å². The van der Waals surface area contributed by atoms with Crippen molar-refractivity contribution in [3.05, 3.63) is 12.2 Å². The zero-order valence-electron chi connectivity index (χ0n) is 9.46. The Bertz CT molecular complexity index is 403.